The van der Waals surface area contributed by atoms with E-state index in [9.17, 15) is 29.4 Å². The van der Waals surface area contributed by atoms with Crippen LogP contribution in [0.2, 0.25) is 0 Å². The van der Waals surface area contributed by atoms with Gasteiger partial charge in [0.15, 0.2) is 0 Å². The van der Waals surface area contributed by atoms with E-state index in [-0.39, 0.29) is 19.3 Å². The lowest BCUT2D eigenvalue weighted by Gasteiger charge is -2.38. The Morgan fingerprint density at radius 1 is 1.20 bits per heavy atom. The van der Waals surface area contributed by atoms with E-state index >= 15 is 0 Å². The van der Waals surface area contributed by atoms with Crippen LogP contribution in [0.4, 0.5) is 0 Å². The molecule has 1 aromatic rings. The van der Waals surface area contributed by atoms with Crippen molar-refractivity contribution in [3.63, 3.8) is 0 Å². The molecule has 0 aliphatic heterocycles. The molecule has 0 saturated heterocycles. The number of aliphatic hydroxyl groups is 2. The molecule has 1 aliphatic rings. The highest BCUT2D eigenvalue weighted by Gasteiger charge is 2.39. The summed E-state index contributed by atoms with van der Waals surface area (Å²) in [6.45, 7) is 0. The lowest BCUT2D eigenvalue weighted by molar-refractivity contribution is -0.137. The molecular formula is C15H21N3O7. The first-order chi connectivity index (χ1) is 11.8. The van der Waals surface area contributed by atoms with Crippen molar-refractivity contribution >= 4 is 11.9 Å². The van der Waals surface area contributed by atoms with Crippen molar-refractivity contribution in [2.24, 2.45) is 0 Å². The number of nitrogens with one attached hydrogen (secondary N) is 2. The van der Waals surface area contributed by atoms with Gasteiger partial charge in [-0.25, -0.2) is 4.79 Å². The van der Waals surface area contributed by atoms with Gasteiger partial charge in [0.2, 0.25) is 5.91 Å². The van der Waals surface area contributed by atoms with Gasteiger partial charge in [0.1, 0.15) is 12.2 Å². The van der Waals surface area contributed by atoms with Crippen LogP contribution >= 0.6 is 0 Å². The van der Waals surface area contributed by atoms with E-state index in [4.69, 9.17) is 5.11 Å². The van der Waals surface area contributed by atoms with E-state index in [0.717, 1.165) is 10.6 Å². The van der Waals surface area contributed by atoms with Crippen molar-refractivity contribution in [3.8, 4) is 0 Å². The lowest BCUT2D eigenvalue weighted by atomic mass is 9.85. The second-order valence-corrected chi connectivity index (χ2v) is 6.06. The first-order valence-electron chi connectivity index (χ1n) is 7.98. The number of carboxylic acid groups (broad SMARTS) is 1. The Hall–Kier alpha value is -2.46. The van der Waals surface area contributed by atoms with Gasteiger partial charge in [-0.1, -0.05) is 0 Å². The Morgan fingerprint density at radius 3 is 2.56 bits per heavy atom. The van der Waals surface area contributed by atoms with Crippen molar-refractivity contribution in [3.05, 3.63) is 33.1 Å². The minimum atomic E-state index is -1.30. The van der Waals surface area contributed by atoms with Gasteiger partial charge in [-0.15, -0.1) is 0 Å². The normalized spacial score (nSPS) is 26.2. The monoisotopic (exact) mass is 355 g/mol. The van der Waals surface area contributed by atoms with Gasteiger partial charge in [-0.3, -0.25) is 23.9 Å². The van der Waals surface area contributed by atoms with Crippen molar-refractivity contribution in [2.45, 2.75) is 56.4 Å². The smallest absolute Gasteiger partial charge is 0.328 e. The molecule has 1 saturated carbocycles. The zero-order valence-electron chi connectivity index (χ0n) is 13.4. The molecule has 5 N–H and O–H groups in total. The minimum absolute atomic E-state index is 0.00836. The van der Waals surface area contributed by atoms with Gasteiger partial charge in [-0.2, -0.15) is 0 Å². The molecule has 1 heterocycles. The van der Waals surface area contributed by atoms with E-state index in [1.807, 2.05) is 0 Å². The number of aromatic nitrogens is 2. The summed E-state index contributed by atoms with van der Waals surface area (Å²) in [5.41, 5.74) is -1.24. The molecule has 0 unspecified atom stereocenters. The first-order valence-corrected chi connectivity index (χ1v) is 7.98. The van der Waals surface area contributed by atoms with Crippen LogP contribution in [-0.2, 0) is 9.59 Å². The van der Waals surface area contributed by atoms with Crippen LogP contribution in [0.15, 0.2) is 21.9 Å². The fraction of sp³-hybridized carbons (Fsp3) is 0.600. The zero-order chi connectivity index (χ0) is 18.6. The molecule has 0 bridgehead atoms. The third-order valence-electron chi connectivity index (χ3n) is 4.28. The summed E-state index contributed by atoms with van der Waals surface area (Å²) in [7, 11) is 0. The van der Waals surface area contributed by atoms with Crippen LogP contribution in [0.3, 0.4) is 0 Å². The number of aliphatic carboxylic acids is 1. The van der Waals surface area contributed by atoms with Crippen LogP contribution in [0.5, 0.6) is 0 Å². The maximum Gasteiger partial charge on any atom is 0.328 e. The predicted octanol–water partition coefficient (Wildman–Crippen LogP) is -1.67. The predicted molar refractivity (Wildman–Crippen MR) is 85.0 cm³/mol. The van der Waals surface area contributed by atoms with Crippen LogP contribution in [0.1, 0.15) is 38.1 Å². The largest absolute Gasteiger partial charge is 0.481 e. The second-order valence-electron chi connectivity index (χ2n) is 6.06. The fourth-order valence-corrected chi connectivity index (χ4v) is 2.99. The van der Waals surface area contributed by atoms with Crippen LogP contribution < -0.4 is 16.6 Å². The van der Waals surface area contributed by atoms with Gasteiger partial charge in [0.05, 0.1) is 12.1 Å². The first kappa shape index (κ1) is 18.9. The molecule has 1 aromatic heterocycles. The van der Waals surface area contributed by atoms with Gasteiger partial charge in [-0.05, 0) is 19.3 Å². The number of carbonyl (C=O) groups excluding carboxylic acids is 1. The SMILES string of the molecule is O=C(O)CCCC(=O)N[C@@H]1CC[C@@H](n2ccc(=O)[nH]c2=O)[C@@H](O)[C@@H]1O. The molecule has 25 heavy (non-hydrogen) atoms. The standard InChI is InChI=1S/C15H21N3O7/c19-10(2-1-3-12(21)22)16-8-4-5-9(14(24)13(8)23)18-7-6-11(20)17-15(18)25/h6-9,13-14,23-24H,1-5H2,(H,16,19)(H,21,22)(H,17,20,25)/t8-,9-,13-,14-/m1/s1. The zero-order valence-corrected chi connectivity index (χ0v) is 13.4. The number of amides is 1. The summed E-state index contributed by atoms with van der Waals surface area (Å²) < 4.78 is 1.15. The second kappa shape index (κ2) is 8.08. The molecule has 0 aromatic carbocycles. The molecular weight excluding hydrogens is 334 g/mol. The maximum absolute atomic E-state index is 11.8. The molecule has 1 fully saturated rings. The molecule has 1 aliphatic carbocycles. The third kappa shape index (κ3) is 4.77. The molecule has 10 heteroatoms. The lowest BCUT2D eigenvalue weighted by Crippen LogP contribution is -2.55. The van der Waals surface area contributed by atoms with E-state index in [1.54, 1.807) is 0 Å². The van der Waals surface area contributed by atoms with Crippen LogP contribution in [0.25, 0.3) is 0 Å². The molecule has 138 valence electrons. The van der Waals surface area contributed by atoms with Crippen molar-refractivity contribution in [1.82, 2.24) is 14.9 Å². The molecule has 0 radical (unpaired) electrons. The van der Waals surface area contributed by atoms with E-state index in [2.05, 4.69) is 10.3 Å². The Bertz CT molecular complexity index is 741. The molecule has 0 spiro atoms. The highest BCUT2D eigenvalue weighted by Crippen LogP contribution is 2.28. The quantitative estimate of drug-likeness (QED) is 0.407. The summed E-state index contributed by atoms with van der Waals surface area (Å²) in [6.07, 6.45) is -0.644. The number of hydrogen-bond acceptors (Lipinski definition) is 6. The Kier molecular flexibility index (Phi) is 6.10. The van der Waals surface area contributed by atoms with E-state index < -0.39 is 47.4 Å². The number of carbonyl (C=O) groups is 2. The van der Waals surface area contributed by atoms with Gasteiger partial charge < -0.3 is 20.6 Å². The van der Waals surface area contributed by atoms with E-state index in [1.165, 1.54) is 6.20 Å². The molecule has 4 atom stereocenters. The number of aromatic amines is 1. The molecule has 2 rings (SSSR count). The summed E-state index contributed by atoms with van der Waals surface area (Å²) >= 11 is 0. The number of rotatable bonds is 6. The van der Waals surface area contributed by atoms with Crippen molar-refractivity contribution in [2.75, 3.05) is 0 Å². The number of carboxylic acids is 1. The highest BCUT2D eigenvalue weighted by atomic mass is 16.4. The Labute approximate surface area is 142 Å². The van der Waals surface area contributed by atoms with Crippen molar-refractivity contribution < 1.29 is 24.9 Å². The number of hydrogen-bond donors (Lipinski definition) is 5. The van der Waals surface area contributed by atoms with Crippen molar-refractivity contribution in [1.29, 1.82) is 0 Å². The molecule has 10 nitrogen and oxygen atoms in total. The van der Waals surface area contributed by atoms with E-state index in [0.29, 0.717) is 12.8 Å². The van der Waals surface area contributed by atoms with Gasteiger partial charge in [0.25, 0.3) is 5.56 Å². The minimum Gasteiger partial charge on any atom is -0.481 e. The fourth-order valence-electron chi connectivity index (χ4n) is 2.99. The summed E-state index contributed by atoms with van der Waals surface area (Å²) in [6, 6.07) is -0.266. The maximum atomic E-state index is 11.8. The number of nitrogens with zero attached hydrogens (tertiary/aromatic N) is 1. The summed E-state index contributed by atoms with van der Waals surface area (Å²) in [5.74, 6) is -1.40. The summed E-state index contributed by atoms with van der Waals surface area (Å²) in [5, 5.41) is 31.6. The Morgan fingerprint density at radius 2 is 1.92 bits per heavy atom. The van der Waals surface area contributed by atoms with Gasteiger partial charge in [0, 0.05) is 25.1 Å². The van der Waals surface area contributed by atoms with Crippen LogP contribution in [-0.4, -0.2) is 55.0 Å². The average Bonchev–Trinajstić information content (AvgIpc) is 2.53. The summed E-state index contributed by atoms with van der Waals surface area (Å²) in [4.78, 5) is 47.2. The topological polar surface area (TPSA) is 162 Å². The Balaban J connectivity index is 1.97. The third-order valence-corrected chi connectivity index (χ3v) is 4.28. The van der Waals surface area contributed by atoms with Gasteiger partial charge >= 0.3 is 11.7 Å². The number of H-pyrrole nitrogens is 1. The average molecular weight is 355 g/mol. The molecule has 1 amide bonds. The van der Waals surface area contributed by atoms with Crippen LogP contribution in [0, 0.1) is 0 Å². The highest BCUT2D eigenvalue weighted by molar-refractivity contribution is 5.77. The number of aliphatic hydroxyl groups excluding tert-OH is 2.